The molecule has 1 aromatic rings. The minimum atomic E-state index is -0.633. The van der Waals surface area contributed by atoms with E-state index in [0.29, 0.717) is 0 Å². The van der Waals surface area contributed by atoms with Gasteiger partial charge in [0.05, 0.1) is 6.10 Å². The Morgan fingerprint density at radius 3 is 2.79 bits per heavy atom. The molecule has 1 atom stereocenters. The van der Waals surface area contributed by atoms with Crippen LogP contribution in [0.2, 0.25) is 0 Å². The maximum atomic E-state index is 12.0. The molecule has 19 heavy (non-hydrogen) atoms. The molecule has 0 saturated carbocycles. The average molecular weight is 262 g/mol. The number of aryl methyl sites for hydroxylation is 1. The number of piperidine rings is 1. The number of hydrogen-bond acceptors (Lipinski definition) is 3. The van der Waals surface area contributed by atoms with Crippen molar-refractivity contribution in [2.45, 2.75) is 25.9 Å². The molecule has 0 unspecified atom stereocenters. The van der Waals surface area contributed by atoms with E-state index in [9.17, 15) is 9.90 Å². The van der Waals surface area contributed by atoms with Gasteiger partial charge in [0.1, 0.15) is 0 Å². The van der Waals surface area contributed by atoms with Gasteiger partial charge in [-0.05, 0) is 44.0 Å². The van der Waals surface area contributed by atoms with Crippen molar-refractivity contribution in [1.82, 2.24) is 10.6 Å². The van der Waals surface area contributed by atoms with E-state index in [-0.39, 0.29) is 18.4 Å². The molecule has 1 amide bonds. The summed E-state index contributed by atoms with van der Waals surface area (Å²) in [5.74, 6) is 0.152. The van der Waals surface area contributed by atoms with Crippen LogP contribution in [0, 0.1) is 12.8 Å². The molecule has 4 heteroatoms. The van der Waals surface area contributed by atoms with Gasteiger partial charge in [-0.1, -0.05) is 24.3 Å². The minimum absolute atomic E-state index is 0.0640. The summed E-state index contributed by atoms with van der Waals surface area (Å²) in [4.78, 5) is 12.0. The fraction of sp³-hybridized carbons (Fsp3) is 0.533. The molecule has 104 valence electrons. The normalized spacial score (nSPS) is 18.0. The molecule has 1 aliphatic heterocycles. The summed E-state index contributed by atoms with van der Waals surface area (Å²) in [6.45, 7) is 4.05. The highest BCUT2D eigenvalue weighted by atomic mass is 16.3. The van der Waals surface area contributed by atoms with Gasteiger partial charge in [0.15, 0.2) is 0 Å². The molecule has 1 heterocycles. The van der Waals surface area contributed by atoms with Crippen molar-refractivity contribution >= 4 is 5.91 Å². The summed E-state index contributed by atoms with van der Waals surface area (Å²) in [6.07, 6.45) is 1.13. The predicted octanol–water partition coefficient (Wildman–Crippen LogP) is 1.14. The summed E-state index contributed by atoms with van der Waals surface area (Å²) >= 11 is 0. The van der Waals surface area contributed by atoms with E-state index in [1.165, 1.54) is 0 Å². The fourth-order valence-corrected chi connectivity index (χ4v) is 2.50. The van der Waals surface area contributed by atoms with Crippen LogP contribution in [0.25, 0.3) is 0 Å². The van der Waals surface area contributed by atoms with E-state index < -0.39 is 6.10 Å². The van der Waals surface area contributed by atoms with Crippen molar-refractivity contribution in [3.05, 3.63) is 35.4 Å². The maximum Gasteiger partial charge on any atom is 0.223 e. The lowest BCUT2D eigenvalue weighted by Gasteiger charge is -2.22. The van der Waals surface area contributed by atoms with Crippen LogP contribution in [-0.2, 0) is 4.79 Å². The molecule has 1 aliphatic rings. The smallest absolute Gasteiger partial charge is 0.223 e. The Labute approximate surface area is 114 Å². The number of amides is 1. The van der Waals surface area contributed by atoms with Gasteiger partial charge in [0.2, 0.25) is 5.91 Å². The van der Waals surface area contributed by atoms with Gasteiger partial charge in [-0.25, -0.2) is 0 Å². The molecule has 0 spiro atoms. The maximum absolute atomic E-state index is 12.0. The molecule has 0 radical (unpaired) electrons. The van der Waals surface area contributed by atoms with Crippen molar-refractivity contribution < 1.29 is 9.90 Å². The highest BCUT2D eigenvalue weighted by Crippen LogP contribution is 2.17. The number of carbonyl (C=O) groups excluding carboxylic acids is 1. The van der Waals surface area contributed by atoms with Crippen LogP contribution in [0.5, 0.6) is 0 Å². The predicted molar refractivity (Wildman–Crippen MR) is 74.7 cm³/mol. The molecular formula is C15H22N2O2. The second-order valence-corrected chi connectivity index (χ2v) is 5.14. The minimum Gasteiger partial charge on any atom is -0.387 e. The van der Waals surface area contributed by atoms with Gasteiger partial charge >= 0.3 is 0 Å². The summed E-state index contributed by atoms with van der Waals surface area (Å²) in [7, 11) is 0. The Kier molecular flexibility index (Phi) is 4.93. The van der Waals surface area contributed by atoms with Crippen molar-refractivity contribution in [1.29, 1.82) is 0 Å². The van der Waals surface area contributed by atoms with Crippen LogP contribution in [0.3, 0.4) is 0 Å². The number of hydrogen-bond donors (Lipinski definition) is 3. The standard InChI is InChI=1S/C15H22N2O2/c1-11-4-2-3-5-13(11)14(18)10-17-15(19)12-6-8-16-9-7-12/h2-5,12,14,16,18H,6-10H2,1H3,(H,17,19)/t14-/m0/s1. The van der Waals surface area contributed by atoms with Crippen LogP contribution < -0.4 is 10.6 Å². The van der Waals surface area contributed by atoms with Crippen molar-refractivity contribution in [3.63, 3.8) is 0 Å². The number of benzene rings is 1. The van der Waals surface area contributed by atoms with Gasteiger partial charge in [-0.3, -0.25) is 4.79 Å². The van der Waals surface area contributed by atoms with Crippen LogP contribution >= 0.6 is 0 Å². The zero-order valence-corrected chi connectivity index (χ0v) is 11.4. The van der Waals surface area contributed by atoms with Crippen LogP contribution in [0.4, 0.5) is 0 Å². The van der Waals surface area contributed by atoms with Crippen LogP contribution in [-0.4, -0.2) is 30.6 Å². The Bertz CT molecular complexity index is 428. The number of aliphatic hydroxyl groups excluding tert-OH is 1. The zero-order valence-electron chi connectivity index (χ0n) is 11.4. The van der Waals surface area contributed by atoms with E-state index in [4.69, 9.17) is 0 Å². The fourth-order valence-electron chi connectivity index (χ4n) is 2.50. The van der Waals surface area contributed by atoms with E-state index in [2.05, 4.69) is 10.6 Å². The lowest BCUT2D eigenvalue weighted by Crippen LogP contribution is -2.39. The number of carbonyl (C=O) groups is 1. The average Bonchev–Trinajstić information content (AvgIpc) is 2.46. The first-order valence-electron chi connectivity index (χ1n) is 6.90. The summed E-state index contributed by atoms with van der Waals surface area (Å²) < 4.78 is 0. The molecule has 1 saturated heterocycles. The first-order chi connectivity index (χ1) is 9.18. The summed E-state index contributed by atoms with van der Waals surface area (Å²) in [5, 5.41) is 16.2. The number of nitrogens with one attached hydrogen (secondary N) is 2. The molecular weight excluding hydrogens is 240 g/mol. The Hall–Kier alpha value is -1.39. The number of rotatable bonds is 4. The van der Waals surface area contributed by atoms with E-state index in [1.807, 2.05) is 31.2 Å². The molecule has 2 rings (SSSR count). The Morgan fingerprint density at radius 2 is 2.11 bits per heavy atom. The summed E-state index contributed by atoms with van der Waals surface area (Å²) in [5.41, 5.74) is 1.93. The molecule has 0 aromatic heterocycles. The SMILES string of the molecule is Cc1ccccc1[C@@H](O)CNC(=O)C1CCNCC1. The van der Waals surface area contributed by atoms with E-state index >= 15 is 0 Å². The van der Waals surface area contributed by atoms with E-state index in [1.54, 1.807) is 0 Å². The van der Waals surface area contributed by atoms with Gasteiger partial charge in [-0.2, -0.15) is 0 Å². The van der Waals surface area contributed by atoms with Crippen molar-refractivity contribution in [3.8, 4) is 0 Å². The first kappa shape index (κ1) is 14.0. The molecule has 3 N–H and O–H groups in total. The number of aliphatic hydroxyl groups is 1. The van der Waals surface area contributed by atoms with Crippen LogP contribution in [0.15, 0.2) is 24.3 Å². The van der Waals surface area contributed by atoms with Gasteiger partial charge in [-0.15, -0.1) is 0 Å². The highest BCUT2D eigenvalue weighted by Gasteiger charge is 2.21. The van der Waals surface area contributed by atoms with Gasteiger partial charge in [0, 0.05) is 12.5 Å². The molecule has 1 fully saturated rings. The molecule has 0 aliphatic carbocycles. The van der Waals surface area contributed by atoms with E-state index in [0.717, 1.165) is 37.1 Å². The molecule has 4 nitrogen and oxygen atoms in total. The quantitative estimate of drug-likeness (QED) is 0.762. The third-order valence-electron chi connectivity index (χ3n) is 3.73. The second-order valence-electron chi connectivity index (χ2n) is 5.14. The Morgan fingerprint density at radius 1 is 1.42 bits per heavy atom. The van der Waals surface area contributed by atoms with Crippen molar-refractivity contribution in [2.75, 3.05) is 19.6 Å². The lowest BCUT2D eigenvalue weighted by molar-refractivity contribution is -0.126. The second kappa shape index (κ2) is 6.68. The van der Waals surface area contributed by atoms with Crippen LogP contribution in [0.1, 0.15) is 30.1 Å². The first-order valence-corrected chi connectivity index (χ1v) is 6.90. The van der Waals surface area contributed by atoms with Gasteiger partial charge < -0.3 is 15.7 Å². The monoisotopic (exact) mass is 262 g/mol. The largest absolute Gasteiger partial charge is 0.387 e. The van der Waals surface area contributed by atoms with Gasteiger partial charge in [0.25, 0.3) is 0 Å². The third kappa shape index (κ3) is 3.78. The van der Waals surface area contributed by atoms with Crippen molar-refractivity contribution in [2.24, 2.45) is 5.92 Å². The zero-order chi connectivity index (χ0) is 13.7. The molecule has 1 aromatic carbocycles. The highest BCUT2D eigenvalue weighted by molar-refractivity contribution is 5.78. The lowest BCUT2D eigenvalue weighted by atomic mass is 9.97. The third-order valence-corrected chi connectivity index (χ3v) is 3.73. The topological polar surface area (TPSA) is 61.4 Å². The molecule has 0 bridgehead atoms. The summed E-state index contributed by atoms with van der Waals surface area (Å²) in [6, 6.07) is 7.71. The Balaban J connectivity index is 1.84.